The summed E-state index contributed by atoms with van der Waals surface area (Å²) >= 11 is 0. The Labute approximate surface area is 85.0 Å². The first kappa shape index (κ1) is 9.69. The number of aliphatic hydroxyl groups excluding tert-OH is 1. The van der Waals surface area contributed by atoms with Crippen LogP contribution < -0.4 is 5.32 Å². The van der Waals surface area contributed by atoms with E-state index in [0.717, 1.165) is 19.4 Å². The smallest absolute Gasteiger partial charge is 0.0665 e. The van der Waals surface area contributed by atoms with E-state index in [2.05, 4.69) is 36.5 Å². The summed E-state index contributed by atoms with van der Waals surface area (Å²) in [5, 5.41) is 12.8. The van der Waals surface area contributed by atoms with E-state index in [9.17, 15) is 5.11 Å². The highest BCUT2D eigenvalue weighted by Crippen LogP contribution is 2.25. The molecule has 0 radical (unpaired) electrons. The van der Waals surface area contributed by atoms with E-state index in [4.69, 9.17) is 0 Å². The molecule has 2 rings (SSSR count). The lowest BCUT2D eigenvalue weighted by molar-refractivity contribution is 0.126. The predicted molar refractivity (Wildman–Crippen MR) is 57.2 cm³/mol. The molecular weight excluding hydrogens is 174 g/mol. The lowest BCUT2D eigenvalue weighted by atomic mass is 9.93. The fourth-order valence-corrected chi connectivity index (χ4v) is 2.08. The van der Waals surface area contributed by atoms with Gasteiger partial charge in [-0.3, -0.25) is 0 Å². The lowest BCUT2D eigenvalue weighted by Crippen LogP contribution is -2.36. The topological polar surface area (TPSA) is 32.3 Å². The van der Waals surface area contributed by atoms with Gasteiger partial charge in [0.25, 0.3) is 0 Å². The number of piperidine rings is 1. The van der Waals surface area contributed by atoms with Crippen molar-refractivity contribution in [1.82, 2.24) is 5.32 Å². The van der Waals surface area contributed by atoms with Gasteiger partial charge in [0.1, 0.15) is 0 Å². The Kier molecular flexibility index (Phi) is 2.85. The summed E-state index contributed by atoms with van der Waals surface area (Å²) in [5.41, 5.74) is 2.71. The quantitative estimate of drug-likeness (QED) is 0.709. The molecule has 1 aromatic rings. The fraction of sp³-hybridized carbons (Fsp3) is 0.500. The van der Waals surface area contributed by atoms with Crippen molar-refractivity contribution in [2.75, 3.05) is 6.54 Å². The van der Waals surface area contributed by atoms with Crippen molar-refractivity contribution >= 4 is 0 Å². The molecule has 1 saturated heterocycles. The predicted octanol–water partition coefficient (Wildman–Crippen LogP) is 1.78. The molecule has 0 aromatic heterocycles. The first-order valence-corrected chi connectivity index (χ1v) is 5.24. The first-order chi connectivity index (χ1) is 6.77. The van der Waals surface area contributed by atoms with Gasteiger partial charge < -0.3 is 10.4 Å². The SMILES string of the molecule is Cc1ccccc1C1CCC(O)CN1. The van der Waals surface area contributed by atoms with Gasteiger partial charge in [-0.05, 0) is 30.9 Å². The summed E-state index contributed by atoms with van der Waals surface area (Å²) in [4.78, 5) is 0. The van der Waals surface area contributed by atoms with Crippen LogP contribution in [0.4, 0.5) is 0 Å². The largest absolute Gasteiger partial charge is 0.392 e. The average Bonchev–Trinajstić information content (AvgIpc) is 2.20. The molecule has 2 N–H and O–H groups in total. The maximum absolute atomic E-state index is 9.38. The molecule has 2 unspecified atom stereocenters. The highest BCUT2D eigenvalue weighted by molar-refractivity contribution is 5.29. The zero-order chi connectivity index (χ0) is 9.97. The highest BCUT2D eigenvalue weighted by atomic mass is 16.3. The monoisotopic (exact) mass is 191 g/mol. The zero-order valence-corrected chi connectivity index (χ0v) is 8.53. The molecular formula is C12H17NO. The molecule has 14 heavy (non-hydrogen) atoms. The van der Waals surface area contributed by atoms with Gasteiger partial charge in [-0.25, -0.2) is 0 Å². The third kappa shape index (κ3) is 1.97. The van der Waals surface area contributed by atoms with Gasteiger partial charge in [0.2, 0.25) is 0 Å². The van der Waals surface area contributed by atoms with E-state index < -0.39 is 0 Å². The van der Waals surface area contributed by atoms with Gasteiger partial charge in [0.05, 0.1) is 6.10 Å². The van der Waals surface area contributed by atoms with E-state index in [1.54, 1.807) is 0 Å². The molecule has 0 aliphatic carbocycles. The Morgan fingerprint density at radius 3 is 2.71 bits per heavy atom. The molecule has 2 nitrogen and oxygen atoms in total. The molecule has 1 aliphatic heterocycles. The summed E-state index contributed by atoms with van der Waals surface area (Å²) in [6.07, 6.45) is 1.79. The van der Waals surface area contributed by atoms with Crippen LogP contribution in [0.25, 0.3) is 0 Å². The number of nitrogens with one attached hydrogen (secondary N) is 1. The summed E-state index contributed by atoms with van der Waals surface area (Å²) in [6, 6.07) is 8.89. The second kappa shape index (κ2) is 4.11. The summed E-state index contributed by atoms with van der Waals surface area (Å²) in [6.45, 7) is 2.86. The number of benzene rings is 1. The Balaban J connectivity index is 2.12. The van der Waals surface area contributed by atoms with E-state index in [1.807, 2.05) is 0 Å². The second-order valence-electron chi connectivity index (χ2n) is 4.05. The van der Waals surface area contributed by atoms with Crippen LogP contribution in [0.1, 0.15) is 30.0 Å². The lowest BCUT2D eigenvalue weighted by Gasteiger charge is -2.28. The van der Waals surface area contributed by atoms with Crippen molar-refractivity contribution in [1.29, 1.82) is 0 Å². The van der Waals surface area contributed by atoms with Crippen LogP contribution in [0.3, 0.4) is 0 Å². The summed E-state index contributed by atoms with van der Waals surface area (Å²) in [7, 11) is 0. The van der Waals surface area contributed by atoms with E-state index >= 15 is 0 Å². The number of aliphatic hydroxyl groups is 1. The van der Waals surface area contributed by atoms with Gasteiger partial charge in [0, 0.05) is 12.6 Å². The molecule has 0 bridgehead atoms. The van der Waals surface area contributed by atoms with Crippen molar-refractivity contribution in [3.8, 4) is 0 Å². The Morgan fingerprint density at radius 2 is 2.07 bits per heavy atom. The Bertz CT molecular complexity index is 303. The van der Waals surface area contributed by atoms with Gasteiger partial charge in [-0.1, -0.05) is 24.3 Å². The zero-order valence-electron chi connectivity index (χ0n) is 8.53. The molecule has 1 aromatic carbocycles. The van der Waals surface area contributed by atoms with Crippen molar-refractivity contribution in [2.24, 2.45) is 0 Å². The van der Waals surface area contributed by atoms with Gasteiger partial charge in [0.15, 0.2) is 0 Å². The van der Waals surface area contributed by atoms with Gasteiger partial charge >= 0.3 is 0 Å². The van der Waals surface area contributed by atoms with E-state index in [1.165, 1.54) is 11.1 Å². The number of aryl methyl sites for hydroxylation is 1. The van der Waals surface area contributed by atoms with Crippen LogP contribution in [0.15, 0.2) is 24.3 Å². The minimum Gasteiger partial charge on any atom is -0.392 e. The minimum atomic E-state index is -0.157. The number of hydrogen-bond acceptors (Lipinski definition) is 2. The molecule has 1 fully saturated rings. The number of β-amino-alcohol motifs (C(OH)–C–C–N with tert-alkyl or cyclic N) is 1. The Hall–Kier alpha value is -0.860. The van der Waals surface area contributed by atoms with Gasteiger partial charge in [-0.15, -0.1) is 0 Å². The fourth-order valence-electron chi connectivity index (χ4n) is 2.08. The van der Waals surface area contributed by atoms with Crippen LogP contribution in [-0.4, -0.2) is 17.8 Å². The molecule has 0 saturated carbocycles. The molecule has 0 spiro atoms. The maximum Gasteiger partial charge on any atom is 0.0665 e. The van der Waals surface area contributed by atoms with Crippen LogP contribution >= 0.6 is 0 Å². The minimum absolute atomic E-state index is 0.157. The van der Waals surface area contributed by atoms with E-state index in [0.29, 0.717) is 6.04 Å². The van der Waals surface area contributed by atoms with Crippen LogP contribution in [-0.2, 0) is 0 Å². The van der Waals surface area contributed by atoms with Crippen LogP contribution in [0.5, 0.6) is 0 Å². The van der Waals surface area contributed by atoms with Gasteiger partial charge in [-0.2, -0.15) is 0 Å². The van der Waals surface area contributed by atoms with Crippen LogP contribution in [0.2, 0.25) is 0 Å². The third-order valence-corrected chi connectivity index (χ3v) is 2.95. The molecule has 1 heterocycles. The molecule has 2 heteroatoms. The van der Waals surface area contributed by atoms with Crippen LogP contribution in [0, 0.1) is 6.92 Å². The van der Waals surface area contributed by atoms with E-state index in [-0.39, 0.29) is 6.10 Å². The number of rotatable bonds is 1. The first-order valence-electron chi connectivity index (χ1n) is 5.24. The average molecular weight is 191 g/mol. The second-order valence-corrected chi connectivity index (χ2v) is 4.05. The molecule has 76 valence electrons. The highest BCUT2D eigenvalue weighted by Gasteiger charge is 2.20. The molecule has 2 atom stereocenters. The summed E-state index contributed by atoms with van der Waals surface area (Å²) < 4.78 is 0. The van der Waals surface area contributed by atoms with Crippen molar-refractivity contribution in [3.05, 3.63) is 35.4 Å². The molecule has 0 amide bonds. The number of hydrogen-bond donors (Lipinski definition) is 2. The molecule has 1 aliphatic rings. The Morgan fingerprint density at radius 1 is 1.29 bits per heavy atom. The van der Waals surface area contributed by atoms with Crippen molar-refractivity contribution in [3.63, 3.8) is 0 Å². The summed E-state index contributed by atoms with van der Waals surface area (Å²) in [5.74, 6) is 0. The van der Waals surface area contributed by atoms with Crippen molar-refractivity contribution in [2.45, 2.75) is 31.9 Å². The standard InChI is InChI=1S/C12H17NO/c1-9-4-2-3-5-11(9)12-7-6-10(14)8-13-12/h2-5,10,12-14H,6-8H2,1H3. The maximum atomic E-state index is 9.38. The third-order valence-electron chi connectivity index (χ3n) is 2.95. The normalized spacial score (nSPS) is 27.6. The van der Waals surface area contributed by atoms with Crippen molar-refractivity contribution < 1.29 is 5.11 Å².